The molecule has 0 radical (unpaired) electrons. The smallest absolute Gasteiger partial charge is 0.326 e. The quantitative estimate of drug-likeness (QED) is 0.0355. The number of carbonyl (C=O) groups excluding carboxylic acids is 3. The minimum atomic E-state index is -1.13. The molecule has 234 valence electrons. The summed E-state index contributed by atoms with van der Waals surface area (Å²) in [6.07, 6.45) is 17.2. The standard InChI is InChI=1S/C29H56N3O7P/c1-2-30-25(29(37)40)18-15-16-22-31-26(33)21-20-24(28(35)36)32-27(34)19-14-12-10-8-6-4-3-5-7-9-11-13-17-23-39-38/h24-25,30,38H,2-23,40H2,1H3,(H,31,33)(H,32,34)(H,35,36)/t24-,25-/m0/s1. The van der Waals surface area contributed by atoms with E-state index in [4.69, 9.17) is 5.26 Å². The molecule has 0 saturated carbocycles. The molecule has 0 aliphatic heterocycles. The molecule has 40 heavy (non-hydrogen) atoms. The maximum atomic E-state index is 12.2. The van der Waals surface area contributed by atoms with Crippen molar-refractivity contribution in [2.75, 3.05) is 19.7 Å². The molecular weight excluding hydrogens is 533 g/mol. The first kappa shape index (κ1) is 38.4. The van der Waals surface area contributed by atoms with Gasteiger partial charge in [-0.25, -0.2) is 9.68 Å². The van der Waals surface area contributed by atoms with Crippen LogP contribution in [-0.4, -0.2) is 65.5 Å². The summed E-state index contributed by atoms with van der Waals surface area (Å²) in [5.41, 5.74) is 0.0277. The van der Waals surface area contributed by atoms with E-state index in [1.165, 1.54) is 44.9 Å². The number of hydrogen-bond donors (Lipinski definition) is 5. The molecule has 0 spiro atoms. The Labute approximate surface area is 243 Å². The fraction of sp³-hybridized carbons (Fsp3) is 0.862. The molecule has 0 rings (SSSR count). The summed E-state index contributed by atoms with van der Waals surface area (Å²) < 4.78 is 0. The molecule has 0 bridgehead atoms. The van der Waals surface area contributed by atoms with Gasteiger partial charge in [0.15, 0.2) is 5.52 Å². The van der Waals surface area contributed by atoms with E-state index in [1.54, 1.807) is 0 Å². The highest BCUT2D eigenvalue weighted by Gasteiger charge is 2.20. The largest absolute Gasteiger partial charge is 0.480 e. The van der Waals surface area contributed by atoms with Gasteiger partial charge >= 0.3 is 5.97 Å². The lowest BCUT2D eigenvalue weighted by molar-refractivity contribution is -0.242. The Morgan fingerprint density at radius 3 is 1.75 bits per heavy atom. The molecular formula is C29H56N3O7P. The Morgan fingerprint density at radius 2 is 1.25 bits per heavy atom. The summed E-state index contributed by atoms with van der Waals surface area (Å²) in [5.74, 6) is -1.65. The van der Waals surface area contributed by atoms with Crippen LogP contribution in [0.25, 0.3) is 0 Å². The molecule has 0 aliphatic carbocycles. The van der Waals surface area contributed by atoms with Crippen LogP contribution in [0.3, 0.4) is 0 Å². The molecule has 0 fully saturated rings. The molecule has 0 saturated heterocycles. The predicted octanol–water partition coefficient (Wildman–Crippen LogP) is 4.95. The van der Waals surface area contributed by atoms with E-state index in [-0.39, 0.29) is 36.2 Å². The third kappa shape index (κ3) is 24.2. The van der Waals surface area contributed by atoms with Crippen LogP contribution in [0.2, 0.25) is 0 Å². The summed E-state index contributed by atoms with van der Waals surface area (Å²) >= 11 is 0. The highest BCUT2D eigenvalue weighted by Crippen LogP contribution is 2.13. The first-order chi connectivity index (χ1) is 19.3. The van der Waals surface area contributed by atoms with Gasteiger partial charge in [-0.2, -0.15) is 0 Å². The number of likely N-dealkylation sites (N-methyl/N-ethyl adjacent to an activating group) is 1. The first-order valence-electron chi connectivity index (χ1n) is 15.4. The highest BCUT2D eigenvalue weighted by atomic mass is 31.0. The zero-order chi connectivity index (χ0) is 29.8. The van der Waals surface area contributed by atoms with Crippen molar-refractivity contribution in [1.29, 1.82) is 0 Å². The van der Waals surface area contributed by atoms with Crippen molar-refractivity contribution < 1.29 is 34.4 Å². The summed E-state index contributed by atoms with van der Waals surface area (Å²) in [4.78, 5) is 51.4. The Morgan fingerprint density at radius 1 is 0.700 bits per heavy atom. The van der Waals surface area contributed by atoms with Gasteiger partial charge in [-0.1, -0.05) is 86.8 Å². The molecule has 5 N–H and O–H groups in total. The molecule has 0 aromatic rings. The molecule has 0 aromatic heterocycles. The Bertz CT molecular complexity index is 682. The van der Waals surface area contributed by atoms with E-state index in [0.29, 0.717) is 26.0 Å². The van der Waals surface area contributed by atoms with E-state index in [2.05, 4.69) is 30.1 Å². The number of aliphatic carboxylic acids is 1. The summed E-state index contributed by atoms with van der Waals surface area (Å²) in [6.45, 7) is 3.56. The molecule has 1 unspecified atom stereocenters. The number of carboxylic acids is 1. The molecule has 11 heteroatoms. The number of hydrogen-bond acceptors (Lipinski definition) is 7. The second kappa shape index (κ2) is 27.6. The first-order valence-corrected chi connectivity index (χ1v) is 16.0. The molecule has 0 aliphatic rings. The van der Waals surface area contributed by atoms with Crippen LogP contribution in [0.5, 0.6) is 0 Å². The number of amides is 2. The summed E-state index contributed by atoms with van der Waals surface area (Å²) in [7, 11) is 2.20. The van der Waals surface area contributed by atoms with Crippen molar-refractivity contribution in [1.82, 2.24) is 16.0 Å². The van der Waals surface area contributed by atoms with E-state index in [1.807, 2.05) is 6.92 Å². The van der Waals surface area contributed by atoms with Crippen LogP contribution in [0, 0.1) is 0 Å². The van der Waals surface area contributed by atoms with Crippen molar-refractivity contribution >= 4 is 32.5 Å². The maximum Gasteiger partial charge on any atom is 0.326 e. The van der Waals surface area contributed by atoms with Crippen LogP contribution < -0.4 is 16.0 Å². The van der Waals surface area contributed by atoms with Crippen molar-refractivity contribution in [2.45, 2.75) is 141 Å². The zero-order valence-electron chi connectivity index (χ0n) is 24.7. The lowest BCUT2D eigenvalue weighted by Crippen LogP contribution is -2.41. The summed E-state index contributed by atoms with van der Waals surface area (Å²) in [5, 5.41) is 26.2. The number of unbranched alkanes of at least 4 members (excludes halogenated alkanes) is 13. The number of nitrogens with one attached hydrogen (secondary N) is 3. The average Bonchev–Trinajstić information content (AvgIpc) is 2.92. The van der Waals surface area contributed by atoms with Gasteiger partial charge in [0.05, 0.1) is 12.6 Å². The van der Waals surface area contributed by atoms with Gasteiger partial charge in [0.25, 0.3) is 0 Å². The fourth-order valence-electron chi connectivity index (χ4n) is 4.58. The minimum Gasteiger partial charge on any atom is -0.480 e. The lowest BCUT2D eigenvalue weighted by Gasteiger charge is -2.15. The fourth-order valence-corrected chi connectivity index (χ4v) is 4.86. The van der Waals surface area contributed by atoms with Crippen LogP contribution in [-0.2, 0) is 24.1 Å². The van der Waals surface area contributed by atoms with E-state index in [9.17, 15) is 24.3 Å². The Kier molecular flexibility index (Phi) is 26.4. The number of rotatable bonds is 29. The predicted molar refractivity (Wildman–Crippen MR) is 161 cm³/mol. The van der Waals surface area contributed by atoms with Crippen LogP contribution >= 0.6 is 9.24 Å². The van der Waals surface area contributed by atoms with Crippen molar-refractivity contribution in [3.8, 4) is 0 Å². The van der Waals surface area contributed by atoms with E-state index in [0.717, 1.165) is 57.9 Å². The molecule has 10 nitrogen and oxygen atoms in total. The van der Waals surface area contributed by atoms with Crippen LogP contribution in [0.4, 0.5) is 0 Å². The third-order valence-corrected chi connectivity index (χ3v) is 7.37. The lowest BCUT2D eigenvalue weighted by atomic mass is 10.0. The van der Waals surface area contributed by atoms with Gasteiger partial charge < -0.3 is 21.1 Å². The SMILES string of the molecule is CCN[C@@H](CCCCNC(=O)CC[C@H](NC(=O)CCCCCCCCCCCCCCCOO)C(=O)O)C(=O)P. The Hall–Kier alpha value is -1.61. The van der Waals surface area contributed by atoms with Crippen molar-refractivity contribution in [3.63, 3.8) is 0 Å². The van der Waals surface area contributed by atoms with E-state index >= 15 is 0 Å². The Balaban J connectivity index is 3.79. The number of carboxylic acid groups (broad SMARTS) is 1. The molecule has 3 atom stereocenters. The van der Waals surface area contributed by atoms with E-state index < -0.39 is 12.0 Å². The normalized spacial score (nSPS) is 12.6. The van der Waals surface area contributed by atoms with Crippen molar-refractivity contribution in [2.24, 2.45) is 0 Å². The van der Waals surface area contributed by atoms with Gasteiger partial charge in [-0.15, -0.1) is 0 Å². The monoisotopic (exact) mass is 589 g/mol. The topological polar surface area (TPSA) is 154 Å². The second-order valence-electron chi connectivity index (χ2n) is 10.5. The molecule has 0 aromatic carbocycles. The molecule has 2 amide bonds. The van der Waals surface area contributed by atoms with Crippen LogP contribution in [0.15, 0.2) is 0 Å². The highest BCUT2D eigenvalue weighted by molar-refractivity contribution is 7.40. The third-order valence-electron chi connectivity index (χ3n) is 6.97. The second-order valence-corrected chi connectivity index (χ2v) is 11.1. The number of carbonyl (C=O) groups is 4. The summed E-state index contributed by atoms with van der Waals surface area (Å²) in [6, 6.07) is -1.26. The van der Waals surface area contributed by atoms with Gasteiger partial charge in [-0.3, -0.25) is 19.6 Å². The zero-order valence-corrected chi connectivity index (χ0v) is 25.9. The maximum absolute atomic E-state index is 12.2. The van der Waals surface area contributed by atoms with Gasteiger partial charge in [0, 0.05) is 19.4 Å². The molecule has 0 heterocycles. The minimum absolute atomic E-state index is 0.0277. The van der Waals surface area contributed by atoms with Gasteiger partial charge in [0.1, 0.15) is 6.04 Å². The average molecular weight is 590 g/mol. The van der Waals surface area contributed by atoms with Gasteiger partial charge in [0.2, 0.25) is 11.8 Å². The van der Waals surface area contributed by atoms with Crippen molar-refractivity contribution in [3.05, 3.63) is 0 Å². The van der Waals surface area contributed by atoms with Gasteiger partial charge in [-0.05, 0) is 45.1 Å². The van der Waals surface area contributed by atoms with Crippen LogP contribution in [0.1, 0.15) is 129 Å².